The average molecular weight is 514 g/mol. The van der Waals surface area contributed by atoms with Gasteiger partial charge >= 0.3 is 0 Å². The van der Waals surface area contributed by atoms with Crippen molar-refractivity contribution in [2.24, 2.45) is 0 Å². The van der Waals surface area contributed by atoms with Crippen LogP contribution in [0.2, 0.25) is 0 Å². The fraction of sp³-hybridized carbons (Fsp3) is 0.179. The Balaban J connectivity index is 1.48. The highest BCUT2D eigenvalue weighted by molar-refractivity contribution is 7.98. The molecule has 1 aliphatic heterocycles. The number of methoxy groups -OCH3 is 2. The fourth-order valence-electron chi connectivity index (χ4n) is 4.18. The number of allylic oxidation sites excluding steroid dienone is 1. The van der Waals surface area contributed by atoms with Gasteiger partial charge in [0, 0.05) is 17.1 Å². The molecule has 2 N–H and O–H groups in total. The summed E-state index contributed by atoms with van der Waals surface area (Å²) in [6.07, 6.45) is 0. The Hall–Kier alpha value is -4.24. The van der Waals surface area contributed by atoms with Crippen LogP contribution in [-0.2, 0) is 10.5 Å². The molecule has 37 heavy (non-hydrogen) atoms. The maximum atomic E-state index is 13.6. The third-order valence-corrected chi connectivity index (χ3v) is 6.98. The van der Waals surface area contributed by atoms with Crippen molar-refractivity contribution in [3.8, 4) is 11.5 Å². The van der Waals surface area contributed by atoms with Crippen LogP contribution in [0.3, 0.4) is 0 Å². The number of nitrogens with zero attached hydrogens (tertiary/aromatic N) is 3. The Morgan fingerprint density at radius 1 is 0.973 bits per heavy atom. The summed E-state index contributed by atoms with van der Waals surface area (Å²) in [5.74, 6) is 2.57. The first kappa shape index (κ1) is 24.5. The van der Waals surface area contributed by atoms with E-state index in [1.807, 2.05) is 73.7 Å². The molecule has 5 rings (SSSR count). The van der Waals surface area contributed by atoms with Crippen molar-refractivity contribution in [2.45, 2.75) is 23.9 Å². The minimum absolute atomic E-state index is 0.226. The van der Waals surface area contributed by atoms with Gasteiger partial charge in [-0.1, -0.05) is 54.2 Å². The molecule has 1 aliphatic rings. The maximum absolute atomic E-state index is 13.6. The smallest absolute Gasteiger partial charge is 0.255 e. The Morgan fingerprint density at radius 2 is 1.62 bits per heavy atom. The van der Waals surface area contributed by atoms with Crippen molar-refractivity contribution in [1.29, 1.82) is 0 Å². The van der Waals surface area contributed by atoms with E-state index in [1.165, 1.54) is 5.56 Å². The molecule has 1 atom stereocenters. The minimum Gasteiger partial charge on any atom is -0.497 e. The lowest BCUT2D eigenvalue weighted by atomic mass is 9.95. The van der Waals surface area contributed by atoms with Gasteiger partial charge in [0.2, 0.25) is 11.1 Å². The standard InChI is InChI=1S/C28H27N5O3S/c1-18-24(26(34)30-21-11-15-23(36-3)16-12-21)25(20-9-13-22(35-2)14-10-20)33-27(29-18)31-28(32-33)37-17-19-7-5-4-6-8-19/h4-16,25H,17H2,1-3H3,(H,30,34)(H,29,31,32)/t25-/m0/s1. The summed E-state index contributed by atoms with van der Waals surface area (Å²) in [6.45, 7) is 1.88. The second-order valence-electron chi connectivity index (χ2n) is 8.46. The van der Waals surface area contributed by atoms with Gasteiger partial charge in [-0.3, -0.25) is 4.79 Å². The summed E-state index contributed by atoms with van der Waals surface area (Å²) < 4.78 is 12.4. The van der Waals surface area contributed by atoms with Gasteiger partial charge in [0.15, 0.2) is 0 Å². The van der Waals surface area contributed by atoms with Gasteiger partial charge in [-0.25, -0.2) is 4.68 Å². The highest BCUT2D eigenvalue weighted by atomic mass is 32.2. The van der Waals surface area contributed by atoms with Crippen molar-refractivity contribution in [3.63, 3.8) is 0 Å². The summed E-state index contributed by atoms with van der Waals surface area (Å²) >= 11 is 1.55. The number of thioether (sulfide) groups is 1. The van der Waals surface area contributed by atoms with E-state index in [0.717, 1.165) is 22.8 Å². The maximum Gasteiger partial charge on any atom is 0.255 e. The van der Waals surface area contributed by atoms with Gasteiger partial charge in [0.1, 0.15) is 17.5 Å². The predicted molar refractivity (Wildman–Crippen MR) is 145 cm³/mol. The molecular formula is C28H27N5O3S. The van der Waals surface area contributed by atoms with E-state index in [-0.39, 0.29) is 5.91 Å². The van der Waals surface area contributed by atoms with E-state index in [4.69, 9.17) is 19.6 Å². The molecule has 1 amide bonds. The number of amides is 1. The molecule has 0 fully saturated rings. The van der Waals surface area contributed by atoms with E-state index >= 15 is 0 Å². The fourth-order valence-corrected chi connectivity index (χ4v) is 4.96. The molecule has 188 valence electrons. The Kier molecular flexibility index (Phi) is 7.14. The lowest BCUT2D eigenvalue weighted by molar-refractivity contribution is -0.113. The van der Waals surface area contributed by atoms with Gasteiger partial charge in [-0.2, -0.15) is 4.98 Å². The quantitative estimate of drug-likeness (QED) is 0.300. The van der Waals surface area contributed by atoms with Crippen LogP contribution in [0.4, 0.5) is 11.6 Å². The molecular weight excluding hydrogens is 486 g/mol. The summed E-state index contributed by atoms with van der Waals surface area (Å²) in [7, 11) is 3.24. The summed E-state index contributed by atoms with van der Waals surface area (Å²) in [4.78, 5) is 18.4. The molecule has 0 aliphatic carbocycles. The summed E-state index contributed by atoms with van der Waals surface area (Å²) in [5.41, 5.74) is 4.02. The SMILES string of the molecule is COc1ccc(NC(=O)C2=C(C)Nc3nc(SCc4ccccc4)nn3[C@H]2c2ccc(OC)cc2)cc1. The minimum atomic E-state index is -0.473. The molecule has 0 spiro atoms. The molecule has 2 heterocycles. The summed E-state index contributed by atoms with van der Waals surface area (Å²) in [5, 5.41) is 11.7. The molecule has 0 unspecified atom stereocenters. The first-order valence-corrected chi connectivity index (χ1v) is 12.7. The van der Waals surface area contributed by atoms with Crippen LogP contribution in [-0.4, -0.2) is 34.9 Å². The Bertz CT molecular complexity index is 1420. The van der Waals surface area contributed by atoms with Crippen LogP contribution in [0.1, 0.15) is 24.1 Å². The number of nitrogens with one attached hydrogen (secondary N) is 2. The topological polar surface area (TPSA) is 90.3 Å². The van der Waals surface area contributed by atoms with E-state index in [1.54, 1.807) is 30.7 Å². The lowest BCUT2D eigenvalue weighted by Gasteiger charge is -2.28. The van der Waals surface area contributed by atoms with Gasteiger partial charge in [0.25, 0.3) is 5.91 Å². The van der Waals surface area contributed by atoms with Crippen LogP contribution in [0.25, 0.3) is 0 Å². The lowest BCUT2D eigenvalue weighted by Crippen LogP contribution is -2.31. The molecule has 1 aromatic heterocycles. The zero-order chi connectivity index (χ0) is 25.8. The van der Waals surface area contributed by atoms with E-state index < -0.39 is 6.04 Å². The first-order valence-electron chi connectivity index (χ1n) is 11.8. The van der Waals surface area contributed by atoms with E-state index in [2.05, 4.69) is 22.8 Å². The third kappa shape index (κ3) is 5.31. The number of benzene rings is 3. The monoisotopic (exact) mass is 513 g/mol. The van der Waals surface area contributed by atoms with Crippen LogP contribution >= 0.6 is 11.8 Å². The molecule has 0 bridgehead atoms. The number of rotatable bonds is 8. The number of carbonyl (C=O) groups excluding carboxylic acids is 1. The van der Waals surface area contributed by atoms with Crippen molar-refractivity contribution >= 4 is 29.3 Å². The normalized spacial score (nSPS) is 14.5. The van der Waals surface area contributed by atoms with E-state index in [0.29, 0.717) is 28.1 Å². The second-order valence-corrected chi connectivity index (χ2v) is 9.40. The largest absolute Gasteiger partial charge is 0.497 e. The Morgan fingerprint density at radius 3 is 2.27 bits per heavy atom. The number of anilines is 2. The first-order chi connectivity index (χ1) is 18.1. The number of hydrogen-bond acceptors (Lipinski definition) is 7. The van der Waals surface area contributed by atoms with Crippen LogP contribution in [0.15, 0.2) is 95.3 Å². The molecule has 9 heteroatoms. The number of carbonyl (C=O) groups is 1. The predicted octanol–water partition coefficient (Wildman–Crippen LogP) is 5.52. The van der Waals surface area contributed by atoms with Gasteiger partial charge in [0.05, 0.1) is 19.8 Å². The van der Waals surface area contributed by atoms with Crippen molar-refractivity contribution in [1.82, 2.24) is 14.8 Å². The van der Waals surface area contributed by atoms with E-state index in [9.17, 15) is 4.79 Å². The molecule has 3 aromatic carbocycles. The van der Waals surface area contributed by atoms with Crippen LogP contribution < -0.4 is 20.1 Å². The van der Waals surface area contributed by atoms with Crippen molar-refractivity contribution < 1.29 is 14.3 Å². The highest BCUT2D eigenvalue weighted by Gasteiger charge is 2.34. The van der Waals surface area contributed by atoms with Crippen molar-refractivity contribution in [2.75, 3.05) is 24.9 Å². The van der Waals surface area contributed by atoms with Gasteiger partial charge in [-0.05, 0) is 54.4 Å². The molecule has 8 nitrogen and oxygen atoms in total. The average Bonchev–Trinajstić information content (AvgIpc) is 3.34. The highest BCUT2D eigenvalue weighted by Crippen LogP contribution is 2.37. The number of ether oxygens (including phenoxy) is 2. The number of aromatic nitrogens is 3. The van der Waals surface area contributed by atoms with Gasteiger partial charge < -0.3 is 20.1 Å². The number of hydrogen-bond donors (Lipinski definition) is 2. The molecule has 4 aromatic rings. The molecule has 0 radical (unpaired) electrons. The second kappa shape index (κ2) is 10.8. The van der Waals surface area contributed by atoms with Crippen LogP contribution in [0, 0.1) is 0 Å². The third-order valence-electron chi connectivity index (χ3n) is 6.07. The van der Waals surface area contributed by atoms with Crippen molar-refractivity contribution in [3.05, 3.63) is 101 Å². The molecule has 0 saturated carbocycles. The Labute approximate surface area is 219 Å². The zero-order valence-electron chi connectivity index (χ0n) is 20.8. The molecule has 0 saturated heterocycles. The summed E-state index contributed by atoms with van der Waals surface area (Å²) in [6, 6.07) is 24.6. The number of fused-ring (bicyclic) bond motifs is 1. The van der Waals surface area contributed by atoms with Gasteiger partial charge in [-0.15, -0.1) is 5.10 Å². The van der Waals surface area contributed by atoms with Crippen LogP contribution in [0.5, 0.6) is 11.5 Å². The zero-order valence-corrected chi connectivity index (χ0v) is 21.6.